The number of para-hydroxylation sites is 1. The second kappa shape index (κ2) is 7.87. The lowest BCUT2D eigenvalue weighted by atomic mass is 10.1. The maximum atomic E-state index is 12.4. The van der Waals surface area contributed by atoms with Gasteiger partial charge in [0.15, 0.2) is 0 Å². The number of fused-ring (bicyclic) bond motifs is 1. The van der Waals surface area contributed by atoms with Crippen molar-refractivity contribution >= 4 is 38.5 Å². The lowest BCUT2D eigenvalue weighted by molar-refractivity contribution is 0.0468. The molecule has 3 aromatic rings. The van der Waals surface area contributed by atoms with Crippen LogP contribution in [0, 0.1) is 6.92 Å². The Morgan fingerprint density at radius 2 is 1.86 bits per heavy atom. The maximum Gasteiger partial charge on any atom is 0.338 e. The van der Waals surface area contributed by atoms with Gasteiger partial charge in [0.05, 0.1) is 26.7 Å². The minimum atomic E-state index is -3.64. The van der Waals surface area contributed by atoms with Gasteiger partial charge < -0.3 is 4.74 Å². The third-order valence-electron chi connectivity index (χ3n) is 4.33. The normalized spacial score (nSPS) is 11.8. The molecule has 0 spiro atoms. The van der Waals surface area contributed by atoms with Crippen molar-refractivity contribution in [3.05, 3.63) is 70.4 Å². The molecule has 0 saturated heterocycles. The number of rotatable bonds is 5. The number of hydrogen-bond acceptors (Lipinski definition) is 5. The standard InChI is InChI=1S/C20H19ClN2O4S/c1-13-16-9-4-5-10-17(16)22-18(19(13)21)12-27-20(24)14-7-6-8-15(11-14)28(25,26)23(2)3/h4-11H,12H2,1-3H3. The van der Waals surface area contributed by atoms with Crippen LogP contribution in [0.4, 0.5) is 0 Å². The molecule has 0 aliphatic heterocycles. The quantitative estimate of drug-likeness (QED) is 0.589. The summed E-state index contributed by atoms with van der Waals surface area (Å²) in [5, 5.41) is 1.37. The first kappa shape index (κ1) is 20.3. The van der Waals surface area contributed by atoms with E-state index in [-0.39, 0.29) is 17.1 Å². The topological polar surface area (TPSA) is 76.6 Å². The van der Waals surface area contributed by atoms with E-state index >= 15 is 0 Å². The van der Waals surface area contributed by atoms with Gasteiger partial charge in [0, 0.05) is 19.5 Å². The van der Waals surface area contributed by atoms with Crippen molar-refractivity contribution in [2.45, 2.75) is 18.4 Å². The zero-order chi connectivity index (χ0) is 20.5. The van der Waals surface area contributed by atoms with Crippen molar-refractivity contribution in [3.63, 3.8) is 0 Å². The van der Waals surface area contributed by atoms with Crippen LogP contribution in [0.25, 0.3) is 10.9 Å². The number of benzene rings is 2. The SMILES string of the molecule is Cc1c(Cl)c(COC(=O)c2cccc(S(=O)(=O)N(C)C)c2)nc2ccccc12. The monoisotopic (exact) mass is 418 g/mol. The molecular formula is C20H19ClN2O4S. The molecule has 0 aliphatic rings. The molecule has 3 rings (SSSR count). The van der Waals surface area contributed by atoms with Crippen LogP contribution in [0.1, 0.15) is 21.6 Å². The third kappa shape index (κ3) is 3.87. The third-order valence-corrected chi connectivity index (χ3v) is 6.65. The zero-order valence-corrected chi connectivity index (χ0v) is 17.2. The molecule has 0 atom stereocenters. The van der Waals surface area contributed by atoms with Gasteiger partial charge in [-0.3, -0.25) is 0 Å². The van der Waals surface area contributed by atoms with Gasteiger partial charge in [0.1, 0.15) is 6.61 Å². The number of sulfonamides is 1. The molecule has 0 amide bonds. The van der Waals surface area contributed by atoms with Crippen LogP contribution in [0.3, 0.4) is 0 Å². The Hall–Kier alpha value is -2.48. The highest BCUT2D eigenvalue weighted by atomic mass is 35.5. The van der Waals surface area contributed by atoms with Crippen molar-refractivity contribution < 1.29 is 17.9 Å². The molecule has 0 N–H and O–H groups in total. The summed E-state index contributed by atoms with van der Waals surface area (Å²) < 4.78 is 30.9. The molecule has 2 aromatic carbocycles. The zero-order valence-electron chi connectivity index (χ0n) is 15.6. The van der Waals surface area contributed by atoms with Gasteiger partial charge in [0.2, 0.25) is 10.0 Å². The molecule has 0 bridgehead atoms. The lowest BCUT2D eigenvalue weighted by Crippen LogP contribution is -2.22. The summed E-state index contributed by atoms with van der Waals surface area (Å²) in [5.74, 6) is -0.653. The molecule has 146 valence electrons. The van der Waals surface area contributed by atoms with Gasteiger partial charge in [-0.25, -0.2) is 22.5 Å². The number of hydrogen-bond donors (Lipinski definition) is 0. The molecule has 1 aromatic heterocycles. The highest BCUT2D eigenvalue weighted by Crippen LogP contribution is 2.27. The Kier molecular flexibility index (Phi) is 5.69. The minimum absolute atomic E-state index is 0.0182. The molecule has 0 fully saturated rings. The van der Waals surface area contributed by atoms with E-state index in [2.05, 4.69) is 4.98 Å². The van der Waals surface area contributed by atoms with E-state index in [0.29, 0.717) is 10.7 Å². The predicted molar refractivity (Wildman–Crippen MR) is 108 cm³/mol. The molecule has 1 heterocycles. The first-order valence-corrected chi connectivity index (χ1v) is 10.3. The average molecular weight is 419 g/mol. The Morgan fingerprint density at radius 1 is 1.14 bits per heavy atom. The molecule has 28 heavy (non-hydrogen) atoms. The van der Waals surface area contributed by atoms with Crippen molar-refractivity contribution in [2.24, 2.45) is 0 Å². The molecule has 0 saturated carbocycles. The number of aryl methyl sites for hydroxylation is 1. The summed E-state index contributed by atoms with van der Waals surface area (Å²) in [4.78, 5) is 16.9. The first-order valence-electron chi connectivity index (χ1n) is 8.45. The Labute approximate surface area is 168 Å². The van der Waals surface area contributed by atoms with Crippen LogP contribution in [0.2, 0.25) is 5.02 Å². The van der Waals surface area contributed by atoms with Crippen LogP contribution in [0.15, 0.2) is 53.4 Å². The lowest BCUT2D eigenvalue weighted by Gasteiger charge is -2.13. The van der Waals surface area contributed by atoms with Crippen molar-refractivity contribution in [2.75, 3.05) is 14.1 Å². The van der Waals surface area contributed by atoms with E-state index in [1.807, 2.05) is 31.2 Å². The van der Waals surface area contributed by atoms with Gasteiger partial charge in [-0.1, -0.05) is 35.9 Å². The second-order valence-electron chi connectivity index (χ2n) is 6.41. The van der Waals surface area contributed by atoms with Crippen LogP contribution in [-0.4, -0.2) is 37.8 Å². The predicted octanol–water partition coefficient (Wildman–Crippen LogP) is 3.80. The largest absolute Gasteiger partial charge is 0.456 e. The molecule has 8 heteroatoms. The Balaban J connectivity index is 1.84. The van der Waals surface area contributed by atoms with Crippen LogP contribution in [-0.2, 0) is 21.4 Å². The van der Waals surface area contributed by atoms with E-state index < -0.39 is 16.0 Å². The number of carbonyl (C=O) groups excluding carboxylic acids is 1. The average Bonchev–Trinajstić information content (AvgIpc) is 2.69. The number of halogens is 1. The Morgan fingerprint density at radius 3 is 2.57 bits per heavy atom. The van der Waals surface area contributed by atoms with Crippen LogP contribution in [0.5, 0.6) is 0 Å². The van der Waals surface area contributed by atoms with E-state index in [0.717, 1.165) is 20.8 Å². The maximum absolute atomic E-state index is 12.4. The highest BCUT2D eigenvalue weighted by Gasteiger charge is 2.20. The van der Waals surface area contributed by atoms with Crippen molar-refractivity contribution in [3.8, 4) is 0 Å². The molecule has 0 radical (unpaired) electrons. The van der Waals surface area contributed by atoms with Gasteiger partial charge in [-0.05, 0) is 36.8 Å². The van der Waals surface area contributed by atoms with E-state index in [1.54, 1.807) is 0 Å². The van der Waals surface area contributed by atoms with E-state index in [4.69, 9.17) is 16.3 Å². The molecule has 0 unspecified atom stereocenters. The number of ether oxygens (including phenoxy) is 1. The van der Waals surface area contributed by atoms with Gasteiger partial charge in [-0.2, -0.15) is 0 Å². The van der Waals surface area contributed by atoms with Gasteiger partial charge in [0.25, 0.3) is 0 Å². The van der Waals surface area contributed by atoms with E-state index in [1.165, 1.54) is 38.4 Å². The smallest absolute Gasteiger partial charge is 0.338 e. The van der Waals surface area contributed by atoms with Crippen LogP contribution >= 0.6 is 11.6 Å². The summed E-state index contributed by atoms with van der Waals surface area (Å²) in [5.41, 5.74) is 2.20. The number of pyridine rings is 1. The molecule has 0 aliphatic carbocycles. The Bertz CT molecular complexity index is 1160. The fourth-order valence-corrected chi connectivity index (χ4v) is 3.87. The number of carbonyl (C=O) groups is 1. The van der Waals surface area contributed by atoms with Crippen molar-refractivity contribution in [1.29, 1.82) is 0 Å². The fourth-order valence-electron chi connectivity index (χ4n) is 2.72. The van der Waals surface area contributed by atoms with Crippen LogP contribution < -0.4 is 0 Å². The van der Waals surface area contributed by atoms with E-state index in [9.17, 15) is 13.2 Å². The molecular weight excluding hydrogens is 400 g/mol. The first-order chi connectivity index (χ1) is 13.2. The van der Waals surface area contributed by atoms with Gasteiger partial charge >= 0.3 is 5.97 Å². The summed E-state index contributed by atoms with van der Waals surface area (Å²) in [6.07, 6.45) is 0. The molecule has 6 nitrogen and oxygen atoms in total. The summed E-state index contributed by atoms with van der Waals surface area (Å²) in [6, 6.07) is 13.3. The summed E-state index contributed by atoms with van der Waals surface area (Å²) >= 11 is 6.38. The minimum Gasteiger partial charge on any atom is -0.456 e. The van der Waals surface area contributed by atoms with Gasteiger partial charge in [-0.15, -0.1) is 0 Å². The van der Waals surface area contributed by atoms with Crippen molar-refractivity contribution in [1.82, 2.24) is 9.29 Å². The highest BCUT2D eigenvalue weighted by molar-refractivity contribution is 7.89. The fraction of sp³-hybridized carbons (Fsp3) is 0.200. The summed E-state index contributed by atoms with van der Waals surface area (Å²) in [6.45, 7) is 1.77. The number of aromatic nitrogens is 1. The number of nitrogens with zero attached hydrogens (tertiary/aromatic N) is 2. The summed E-state index contributed by atoms with van der Waals surface area (Å²) in [7, 11) is -0.791. The second-order valence-corrected chi connectivity index (χ2v) is 8.94. The number of esters is 1.